The SMILES string of the molecule is Nc1n[nH]c(C(=O)NC2CCCc3occc32)n1. The molecule has 1 aliphatic carbocycles. The number of rotatable bonds is 2. The number of amides is 1. The molecule has 1 amide bonds. The lowest BCUT2D eigenvalue weighted by Crippen LogP contribution is -2.31. The van der Waals surface area contributed by atoms with E-state index in [0.29, 0.717) is 0 Å². The Morgan fingerprint density at radius 1 is 1.61 bits per heavy atom. The van der Waals surface area contributed by atoms with Gasteiger partial charge >= 0.3 is 0 Å². The lowest BCUT2D eigenvalue weighted by molar-refractivity contribution is 0.0922. The van der Waals surface area contributed by atoms with Gasteiger partial charge in [0, 0.05) is 12.0 Å². The van der Waals surface area contributed by atoms with Gasteiger partial charge < -0.3 is 15.5 Å². The second kappa shape index (κ2) is 4.17. The fourth-order valence-corrected chi connectivity index (χ4v) is 2.24. The van der Waals surface area contributed by atoms with Crippen molar-refractivity contribution in [3.63, 3.8) is 0 Å². The second-order valence-electron chi connectivity index (χ2n) is 4.26. The number of nitrogens with two attached hydrogens (primary N) is 1. The van der Waals surface area contributed by atoms with Crippen molar-refractivity contribution in [1.29, 1.82) is 0 Å². The summed E-state index contributed by atoms with van der Waals surface area (Å²) in [6.45, 7) is 0. The van der Waals surface area contributed by atoms with Crippen molar-refractivity contribution in [2.45, 2.75) is 25.3 Å². The van der Waals surface area contributed by atoms with E-state index in [4.69, 9.17) is 10.2 Å². The summed E-state index contributed by atoms with van der Waals surface area (Å²) in [6.07, 6.45) is 4.46. The summed E-state index contributed by atoms with van der Waals surface area (Å²) in [4.78, 5) is 15.7. The Kier molecular flexibility index (Phi) is 2.51. The molecule has 18 heavy (non-hydrogen) atoms. The van der Waals surface area contributed by atoms with E-state index in [2.05, 4.69) is 20.5 Å². The predicted molar refractivity (Wildman–Crippen MR) is 62.6 cm³/mol. The zero-order chi connectivity index (χ0) is 12.5. The van der Waals surface area contributed by atoms with E-state index in [1.54, 1.807) is 6.26 Å². The fraction of sp³-hybridized carbons (Fsp3) is 0.364. The van der Waals surface area contributed by atoms with Gasteiger partial charge in [-0.1, -0.05) is 0 Å². The molecule has 94 valence electrons. The molecule has 2 aromatic rings. The van der Waals surface area contributed by atoms with Crippen LogP contribution in [-0.2, 0) is 6.42 Å². The number of carbonyl (C=O) groups excluding carboxylic acids is 1. The quantitative estimate of drug-likeness (QED) is 0.726. The molecule has 7 nitrogen and oxygen atoms in total. The van der Waals surface area contributed by atoms with E-state index in [1.165, 1.54) is 0 Å². The van der Waals surface area contributed by atoms with Crippen molar-refractivity contribution in [2.24, 2.45) is 0 Å². The van der Waals surface area contributed by atoms with Gasteiger partial charge in [0.05, 0.1) is 12.3 Å². The number of hydrogen-bond acceptors (Lipinski definition) is 5. The molecule has 1 aliphatic rings. The van der Waals surface area contributed by atoms with E-state index in [-0.39, 0.29) is 23.7 Å². The molecule has 1 unspecified atom stereocenters. The normalized spacial score (nSPS) is 18.3. The number of furan rings is 1. The third-order valence-electron chi connectivity index (χ3n) is 3.08. The van der Waals surface area contributed by atoms with Gasteiger partial charge in [-0.3, -0.25) is 9.89 Å². The fourth-order valence-electron chi connectivity index (χ4n) is 2.24. The van der Waals surface area contributed by atoms with Crippen LogP contribution < -0.4 is 11.1 Å². The summed E-state index contributed by atoms with van der Waals surface area (Å²) in [6, 6.07) is 1.86. The van der Waals surface area contributed by atoms with Crippen LogP contribution in [-0.4, -0.2) is 21.1 Å². The Labute approximate surface area is 103 Å². The number of fused-ring (bicyclic) bond motifs is 1. The number of nitrogens with zero attached hydrogens (tertiary/aromatic N) is 2. The molecule has 0 bridgehead atoms. The minimum absolute atomic E-state index is 0.0358. The van der Waals surface area contributed by atoms with Crippen LogP contribution in [0.5, 0.6) is 0 Å². The highest BCUT2D eigenvalue weighted by molar-refractivity contribution is 5.90. The van der Waals surface area contributed by atoms with E-state index in [9.17, 15) is 4.79 Å². The summed E-state index contributed by atoms with van der Waals surface area (Å²) >= 11 is 0. The van der Waals surface area contributed by atoms with Crippen molar-refractivity contribution in [3.8, 4) is 0 Å². The van der Waals surface area contributed by atoms with E-state index in [1.807, 2.05) is 6.07 Å². The topological polar surface area (TPSA) is 110 Å². The van der Waals surface area contributed by atoms with Gasteiger partial charge in [0.2, 0.25) is 11.8 Å². The van der Waals surface area contributed by atoms with Crippen LogP contribution in [0.15, 0.2) is 16.7 Å². The molecule has 4 N–H and O–H groups in total. The number of carbonyl (C=O) groups is 1. The van der Waals surface area contributed by atoms with Gasteiger partial charge in [-0.2, -0.15) is 4.98 Å². The first-order valence-electron chi connectivity index (χ1n) is 5.79. The Hall–Kier alpha value is -2.31. The Morgan fingerprint density at radius 3 is 3.28 bits per heavy atom. The van der Waals surface area contributed by atoms with Gasteiger partial charge in [-0.15, -0.1) is 5.10 Å². The number of aromatic amines is 1. The zero-order valence-corrected chi connectivity index (χ0v) is 9.64. The molecule has 0 aliphatic heterocycles. The first kappa shape index (κ1) is 10.8. The monoisotopic (exact) mass is 247 g/mol. The number of hydrogen-bond donors (Lipinski definition) is 3. The van der Waals surface area contributed by atoms with Crippen molar-refractivity contribution >= 4 is 11.9 Å². The van der Waals surface area contributed by atoms with Gasteiger partial charge in [0.15, 0.2) is 0 Å². The van der Waals surface area contributed by atoms with E-state index < -0.39 is 0 Å². The third-order valence-corrected chi connectivity index (χ3v) is 3.08. The van der Waals surface area contributed by atoms with Crippen LogP contribution in [0.4, 0.5) is 5.95 Å². The van der Waals surface area contributed by atoms with Crippen molar-refractivity contribution in [1.82, 2.24) is 20.5 Å². The average molecular weight is 247 g/mol. The Balaban J connectivity index is 1.77. The lowest BCUT2D eigenvalue weighted by Gasteiger charge is -2.22. The first-order valence-corrected chi connectivity index (χ1v) is 5.79. The van der Waals surface area contributed by atoms with E-state index >= 15 is 0 Å². The van der Waals surface area contributed by atoms with Gasteiger partial charge in [0.25, 0.3) is 5.91 Å². The second-order valence-corrected chi connectivity index (χ2v) is 4.26. The minimum Gasteiger partial charge on any atom is -0.469 e. The average Bonchev–Trinajstić information content (AvgIpc) is 2.97. The maximum absolute atomic E-state index is 11.9. The number of aromatic nitrogens is 3. The molecule has 0 saturated carbocycles. The summed E-state index contributed by atoms with van der Waals surface area (Å²) < 4.78 is 5.37. The summed E-state index contributed by atoms with van der Waals surface area (Å²) in [5.41, 5.74) is 6.40. The molecule has 2 aromatic heterocycles. The summed E-state index contributed by atoms with van der Waals surface area (Å²) in [5, 5.41) is 9.02. The molecular weight excluding hydrogens is 234 g/mol. The number of aryl methyl sites for hydroxylation is 1. The lowest BCUT2D eigenvalue weighted by atomic mass is 9.93. The highest BCUT2D eigenvalue weighted by Crippen LogP contribution is 2.30. The van der Waals surface area contributed by atoms with Gasteiger partial charge in [-0.05, 0) is 18.9 Å². The molecule has 0 fully saturated rings. The summed E-state index contributed by atoms with van der Waals surface area (Å²) in [7, 11) is 0. The minimum atomic E-state index is -0.307. The van der Waals surface area contributed by atoms with Gasteiger partial charge in [0.1, 0.15) is 5.76 Å². The Bertz CT molecular complexity index is 574. The smallest absolute Gasteiger partial charge is 0.289 e. The van der Waals surface area contributed by atoms with E-state index in [0.717, 1.165) is 30.6 Å². The Morgan fingerprint density at radius 2 is 2.50 bits per heavy atom. The van der Waals surface area contributed by atoms with Crippen molar-refractivity contribution in [2.75, 3.05) is 5.73 Å². The molecule has 2 heterocycles. The van der Waals surface area contributed by atoms with Crippen LogP contribution >= 0.6 is 0 Å². The maximum Gasteiger partial charge on any atom is 0.289 e. The van der Waals surface area contributed by atoms with Crippen LogP contribution in [0, 0.1) is 0 Å². The highest BCUT2D eigenvalue weighted by Gasteiger charge is 2.25. The van der Waals surface area contributed by atoms with Gasteiger partial charge in [-0.25, -0.2) is 0 Å². The predicted octanol–water partition coefficient (Wildman–Crippen LogP) is 0.787. The molecule has 0 saturated heterocycles. The van der Waals surface area contributed by atoms with Crippen LogP contribution in [0.3, 0.4) is 0 Å². The molecule has 0 spiro atoms. The molecule has 0 radical (unpaired) electrons. The van der Waals surface area contributed by atoms with Crippen LogP contribution in [0.25, 0.3) is 0 Å². The molecule has 7 heteroatoms. The first-order chi connectivity index (χ1) is 8.74. The zero-order valence-electron chi connectivity index (χ0n) is 9.64. The third kappa shape index (κ3) is 1.83. The standard InChI is InChI=1S/C11H13N5O2/c12-11-14-9(15-16-11)10(17)13-7-2-1-3-8-6(7)4-5-18-8/h4-5,7H,1-3H2,(H,13,17)(H3,12,14,15,16). The molecule has 3 rings (SSSR count). The van der Waals surface area contributed by atoms with Crippen LogP contribution in [0.2, 0.25) is 0 Å². The number of anilines is 1. The number of H-pyrrole nitrogens is 1. The number of nitrogens with one attached hydrogen (secondary N) is 2. The molecule has 1 atom stereocenters. The van der Waals surface area contributed by atoms with Crippen LogP contribution in [0.1, 0.15) is 40.8 Å². The maximum atomic E-state index is 11.9. The highest BCUT2D eigenvalue weighted by atomic mass is 16.3. The largest absolute Gasteiger partial charge is 0.469 e. The van der Waals surface area contributed by atoms with Crippen molar-refractivity contribution < 1.29 is 9.21 Å². The van der Waals surface area contributed by atoms with Crippen molar-refractivity contribution in [3.05, 3.63) is 29.5 Å². The summed E-state index contributed by atoms with van der Waals surface area (Å²) in [5.74, 6) is 0.831. The molecular formula is C11H13N5O2. The molecule has 0 aromatic carbocycles. The number of nitrogen functional groups attached to an aromatic ring is 1.